The number of thiazole rings is 1. The van der Waals surface area contributed by atoms with Gasteiger partial charge in [0.05, 0.1) is 16.6 Å². The van der Waals surface area contributed by atoms with Gasteiger partial charge >= 0.3 is 0 Å². The van der Waals surface area contributed by atoms with Gasteiger partial charge in [0.1, 0.15) is 10.9 Å². The van der Waals surface area contributed by atoms with Gasteiger partial charge in [-0.3, -0.25) is 4.79 Å². The van der Waals surface area contributed by atoms with Crippen molar-refractivity contribution in [2.45, 2.75) is 37.5 Å². The molecule has 1 amide bonds. The Bertz CT molecular complexity index is 1210. The van der Waals surface area contributed by atoms with Crippen LogP contribution in [0.4, 0.5) is 5.13 Å². The van der Waals surface area contributed by atoms with E-state index in [1.165, 1.54) is 28.7 Å². The van der Waals surface area contributed by atoms with Crippen LogP contribution in [0.2, 0.25) is 0 Å². The van der Waals surface area contributed by atoms with Crippen LogP contribution in [0.15, 0.2) is 71.1 Å². The minimum absolute atomic E-state index is 0.0696. The van der Waals surface area contributed by atoms with Crippen molar-refractivity contribution in [3.05, 3.63) is 77.4 Å². The molecule has 0 fully saturated rings. The van der Waals surface area contributed by atoms with Crippen molar-refractivity contribution in [1.29, 1.82) is 0 Å². The molecule has 0 spiro atoms. The lowest BCUT2D eigenvalue weighted by Gasteiger charge is -2.14. The topological polar surface area (TPSA) is 67.8 Å². The molecule has 4 rings (SSSR count). The maximum absolute atomic E-state index is 13.0. The summed E-state index contributed by atoms with van der Waals surface area (Å²) in [6.45, 7) is 5.93. The summed E-state index contributed by atoms with van der Waals surface area (Å²) >= 11 is 2.89. The predicted octanol–water partition coefficient (Wildman–Crippen LogP) is 6.39. The Morgan fingerprint density at radius 2 is 1.69 bits per heavy atom. The summed E-state index contributed by atoms with van der Waals surface area (Å²) in [7, 11) is 0. The number of nitrogens with one attached hydrogen (secondary N) is 1. The summed E-state index contributed by atoms with van der Waals surface area (Å²) in [6, 6.07) is 20.2. The molecule has 5 nitrogen and oxygen atoms in total. The van der Waals surface area contributed by atoms with Crippen LogP contribution in [0.25, 0.3) is 22.5 Å². The van der Waals surface area contributed by atoms with Gasteiger partial charge in [-0.05, 0) is 26.3 Å². The third-order valence-electron chi connectivity index (χ3n) is 4.89. The van der Waals surface area contributed by atoms with E-state index in [0.717, 1.165) is 27.5 Å². The third kappa shape index (κ3) is 5.41. The summed E-state index contributed by atoms with van der Waals surface area (Å²) in [4.78, 5) is 26.7. The highest BCUT2D eigenvalue weighted by molar-refractivity contribution is 8.00. The normalized spacial score (nSPS) is 11.8. The first-order chi connectivity index (χ1) is 15.5. The Labute approximate surface area is 196 Å². The fourth-order valence-corrected chi connectivity index (χ4v) is 4.91. The maximum Gasteiger partial charge on any atom is 0.239 e. The van der Waals surface area contributed by atoms with Gasteiger partial charge in [0, 0.05) is 16.5 Å². The fourth-order valence-electron chi connectivity index (χ4n) is 3.20. The van der Waals surface area contributed by atoms with E-state index in [4.69, 9.17) is 0 Å². The van der Waals surface area contributed by atoms with Gasteiger partial charge in [-0.1, -0.05) is 78.8 Å². The third-order valence-corrected chi connectivity index (χ3v) is 6.93. The van der Waals surface area contributed by atoms with E-state index in [1.54, 1.807) is 0 Å². The molecule has 0 aliphatic carbocycles. The van der Waals surface area contributed by atoms with Crippen LogP contribution in [0.5, 0.6) is 0 Å². The van der Waals surface area contributed by atoms with E-state index in [0.29, 0.717) is 17.4 Å². The largest absolute Gasteiger partial charge is 0.301 e. The molecular weight excluding hydrogens is 436 g/mol. The van der Waals surface area contributed by atoms with E-state index in [2.05, 4.69) is 39.3 Å². The van der Waals surface area contributed by atoms with Crippen LogP contribution in [-0.4, -0.2) is 26.1 Å². The Morgan fingerprint density at radius 3 is 2.41 bits per heavy atom. The number of benzene rings is 2. The summed E-state index contributed by atoms with van der Waals surface area (Å²) in [5.74, 6) is 0.617. The second kappa shape index (κ2) is 10.1. The predicted molar refractivity (Wildman–Crippen MR) is 133 cm³/mol. The van der Waals surface area contributed by atoms with Crippen molar-refractivity contribution in [2.24, 2.45) is 0 Å². The number of hydrogen-bond donors (Lipinski definition) is 1. The Morgan fingerprint density at radius 1 is 0.969 bits per heavy atom. The average molecular weight is 461 g/mol. The number of carbonyl (C=O) groups is 1. The fraction of sp³-hybridized carbons (Fsp3) is 0.200. The lowest BCUT2D eigenvalue weighted by molar-refractivity contribution is -0.115. The van der Waals surface area contributed by atoms with Crippen molar-refractivity contribution in [3.63, 3.8) is 0 Å². The molecule has 0 aliphatic rings. The number of anilines is 1. The van der Waals surface area contributed by atoms with Crippen molar-refractivity contribution in [3.8, 4) is 22.5 Å². The zero-order valence-corrected chi connectivity index (χ0v) is 19.8. The smallest absolute Gasteiger partial charge is 0.239 e. The molecule has 7 heteroatoms. The van der Waals surface area contributed by atoms with Crippen molar-refractivity contribution in [1.82, 2.24) is 15.0 Å². The van der Waals surface area contributed by atoms with Gasteiger partial charge < -0.3 is 5.32 Å². The van der Waals surface area contributed by atoms with Gasteiger partial charge in [0.2, 0.25) is 5.91 Å². The number of rotatable bonds is 7. The standard InChI is InChI=1S/C25H24N4OS2/c1-4-22(32-23-14-20(26-17(3)27-23)18-8-6-5-7-9-18)24(30)29-25-28-21(15-31-25)19-12-10-16(2)11-13-19/h5-15,22H,4H2,1-3H3,(H,28,29,30). The van der Waals surface area contributed by atoms with Crippen LogP contribution in [0.3, 0.4) is 0 Å². The summed E-state index contributed by atoms with van der Waals surface area (Å²) in [6.07, 6.45) is 0.677. The van der Waals surface area contributed by atoms with Gasteiger partial charge in [-0.25, -0.2) is 15.0 Å². The zero-order chi connectivity index (χ0) is 22.5. The monoisotopic (exact) mass is 460 g/mol. The molecular formula is C25H24N4OS2. The summed E-state index contributed by atoms with van der Waals surface area (Å²) in [5, 5.41) is 6.06. The molecule has 0 saturated carbocycles. The molecule has 32 heavy (non-hydrogen) atoms. The number of aryl methyl sites for hydroxylation is 2. The summed E-state index contributed by atoms with van der Waals surface area (Å²) < 4.78 is 0. The van der Waals surface area contributed by atoms with E-state index < -0.39 is 0 Å². The molecule has 1 atom stereocenters. The van der Waals surface area contributed by atoms with Crippen LogP contribution < -0.4 is 5.32 Å². The molecule has 2 heterocycles. The molecule has 0 aliphatic heterocycles. The van der Waals surface area contributed by atoms with Crippen molar-refractivity contribution >= 4 is 34.1 Å². The molecule has 2 aromatic heterocycles. The second-order valence-corrected chi connectivity index (χ2v) is 9.49. The SMILES string of the molecule is CCC(Sc1cc(-c2ccccc2)nc(C)n1)C(=O)Nc1nc(-c2ccc(C)cc2)cs1. The molecule has 0 radical (unpaired) electrons. The first kappa shape index (κ1) is 22.2. The molecule has 0 bridgehead atoms. The van der Waals surface area contributed by atoms with Crippen LogP contribution >= 0.6 is 23.1 Å². The van der Waals surface area contributed by atoms with E-state index in [1.807, 2.05) is 67.8 Å². The quantitative estimate of drug-likeness (QED) is 0.255. The first-order valence-electron chi connectivity index (χ1n) is 10.4. The maximum atomic E-state index is 13.0. The number of thioether (sulfide) groups is 1. The van der Waals surface area contributed by atoms with E-state index in [9.17, 15) is 4.79 Å². The highest BCUT2D eigenvalue weighted by Gasteiger charge is 2.21. The van der Waals surface area contributed by atoms with Crippen LogP contribution in [-0.2, 0) is 4.79 Å². The average Bonchev–Trinajstić information content (AvgIpc) is 3.26. The molecule has 4 aromatic rings. The number of aromatic nitrogens is 3. The highest BCUT2D eigenvalue weighted by Crippen LogP contribution is 2.30. The lowest BCUT2D eigenvalue weighted by atomic mass is 10.1. The van der Waals surface area contributed by atoms with Crippen LogP contribution in [0, 0.1) is 13.8 Å². The van der Waals surface area contributed by atoms with Crippen molar-refractivity contribution in [2.75, 3.05) is 5.32 Å². The Balaban J connectivity index is 1.47. The minimum Gasteiger partial charge on any atom is -0.301 e. The van der Waals surface area contributed by atoms with Gasteiger partial charge in [-0.15, -0.1) is 11.3 Å². The molecule has 1 N–H and O–H groups in total. The van der Waals surface area contributed by atoms with E-state index >= 15 is 0 Å². The number of carbonyl (C=O) groups excluding carboxylic acids is 1. The number of hydrogen-bond acceptors (Lipinski definition) is 6. The minimum atomic E-state index is -0.278. The summed E-state index contributed by atoms with van der Waals surface area (Å²) in [5.41, 5.74) is 5.00. The van der Waals surface area contributed by atoms with Gasteiger partial charge in [-0.2, -0.15) is 0 Å². The second-order valence-electron chi connectivity index (χ2n) is 7.41. The molecule has 162 valence electrons. The molecule has 1 unspecified atom stereocenters. The molecule has 2 aromatic carbocycles. The lowest BCUT2D eigenvalue weighted by Crippen LogP contribution is -2.24. The van der Waals surface area contributed by atoms with Gasteiger partial charge in [0.25, 0.3) is 0 Å². The number of nitrogens with zero attached hydrogens (tertiary/aromatic N) is 3. The molecule has 0 saturated heterocycles. The zero-order valence-electron chi connectivity index (χ0n) is 18.2. The Hall–Kier alpha value is -3.03. The van der Waals surface area contributed by atoms with Gasteiger partial charge in [0.15, 0.2) is 5.13 Å². The Kier molecular flexibility index (Phi) is 6.97. The van der Waals surface area contributed by atoms with E-state index in [-0.39, 0.29) is 11.2 Å². The first-order valence-corrected chi connectivity index (χ1v) is 12.2. The number of amides is 1. The highest BCUT2D eigenvalue weighted by atomic mass is 32.2. The van der Waals surface area contributed by atoms with Crippen molar-refractivity contribution < 1.29 is 4.79 Å². The van der Waals surface area contributed by atoms with Crippen LogP contribution in [0.1, 0.15) is 24.7 Å².